The van der Waals surface area contributed by atoms with Crippen molar-refractivity contribution in [3.8, 4) is 35.6 Å². The number of anilines is 1. The van der Waals surface area contributed by atoms with Crippen molar-refractivity contribution in [1.29, 1.82) is 5.26 Å². The molecule has 16 nitrogen and oxygen atoms in total. The normalized spacial score (nSPS) is 10.9. The van der Waals surface area contributed by atoms with E-state index in [1.165, 1.54) is 0 Å². The number of rotatable bonds is 5. The number of urea groups is 1. The zero-order valence-electron chi connectivity index (χ0n) is 16.3. The molecule has 0 atom stereocenters. The van der Waals surface area contributed by atoms with Gasteiger partial charge in [0.05, 0.1) is 11.9 Å². The van der Waals surface area contributed by atoms with Crippen LogP contribution in [0.25, 0.3) is 11.6 Å². The minimum atomic E-state index is -0.969. The van der Waals surface area contributed by atoms with Crippen molar-refractivity contribution >= 4 is 23.4 Å². The molecule has 33 heavy (non-hydrogen) atoms. The Balaban J connectivity index is 1.83. The fourth-order valence-corrected chi connectivity index (χ4v) is 2.64. The fraction of sp³-hybridized carbons (Fsp3) is 0. The van der Waals surface area contributed by atoms with Gasteiger partial charge in [-0.15, -0.1) is 20.3 Å². The van der Waals surface area contributed by atoms with Crippen molar-refractivity contribution < 1.29 is 20.1 Å². The lowest BCUT2D eigenvalue weighted by Gasteiger charge is -2.02. The number of aromatic hydroxyl groups is 3. The van der Waals surface area contributed by atoms with E-state index in [1.807, 2.05) is 6.07 Å². The molecule has 0 saturated carbocycles. The minimum absolute atomic E-state index is 0.0857. The number of aromatic nitrogens is 7. The van der Waals surface area contributed by atoms with Crippen LogP contribution >= 0.6 is 0 Å². The first-order chi connectivity index (χ1) is 15.9. The van der Waals surface area contributed by atoms with Crippen LogP contribution in [0.3, 0.4) is 0 Å². The standard InChI is InChI=1S/C17H12N12O4/c18-6-8-7-20-29(15-22-16(32)24-17(33)23-15)12(8)26-25-10-11(21-14(19)31)27-28(13(10)30)9-4-2-1-3-5-9/h1-5,7,30H,(H3,19,21,27,31)(H2,22,23,24,32,33). The molecule has 0 bridgehead atoms. The number of nitrogens with two attached hydrogens (primary N) is 1. The number of hydrogen-bond acceptors (Lipinski definition) is 12. The van der Waals surface area contributed by atoms with Gasteiger partial charge >= 0.3 is 18.1 Å². The van der Waals surface area contributed by atoms with Gasteiger partial charge in [0.25, 0.3) is 5.95 Å². The van der Waals surface area contributed by atoms with Crippen LogP contribution in [-0.4, -0.2) is 55.9 Å². The second-order valence-electron chi connectivity index (χ2n) is 6.10. The molecule has 0 unspecified atom stereocenters. The first-order valence-electron chi connectivity index (χ1n) is 8.85. The van der Waals surface area contributed by atoms with Gasteiger partial charge in [-0.2, -0.15) is 29.7 Å². The van der Waals surface area contributed by atoms with Gasteiger partial charge in [-0.3, -0.25) is 5.32 Å². The van der Waals surface area contributed by atoms with Crippen LogP contribution in [0.5, 0.6) is 17.9 Å². The van der Waals surface area contributed by atoms with Gasteiger partial charge in [0.2, 0.25) is 5.88 Å². The first kappa shape index (κ1) is 20.7. The molecule has 0 fully saturated rings. The third kappa shape index (κ3) is 4.04. The number of primary amides is 1. The summed E-state index contributed by atoms with van der Waals surface area (Å²) in [5.41, 5.74) is 5.26. The zero-order valence-corrected chi connectivity index (χ0v) is 16.3. The molecule has 4 aromatic rings. The molecule has 4 rings (SSSR count). The third-order valence-electron chi connectivity index (χ3n) is 3.98. The van der Waals surface area contributed by atoms with E-state index in [1.54, 1.807) is 30.3 Å². The lowest BCUT2D eigenvalue weighted by Crippen LogP contribution is -2.19. The Labute approximate surface area is 182 Å². The maximum absolute atomic E-state index is 11.4. The molecular weight excluding hydrogens is 436 g/mol. The van der Waals surface area contributed by atoms with Gasteiger partial charge in [-0.1, -0.05) is 18.2 Å². The second kappa shape index (κ2) is 8.27. The van der Waals surface area contributed by atoms with Crippen molar-refractivity contribution in [1.82, 2.24) is 34.5 Å². The van der Waals surface area contributed by atoms with Crippen molar-refractivity contribution in [3.05, 3.63) is 42.1 Å². The Hall–Kier alpha value is -5.59. The Morgan fingerprint density at radius 1 is 1.06 bits per heavy atom. The number of amides is 2. The monoisotopic (exact) mass is 448 g/mol. The highest BCUT2D eigenvalue weighted by Gasteiger charge is 2.21. The number of para-hydroxylation sites is 1. The summed E-state index contributed by atoms with van der Waals surface area (Å²) < 4.78 is 1.98. The van der Waals surface area contributed by atoms with E-state index in [2.05, 4.69) is 40.7 Å². The molecule has 0 saturated heterocycles. The molecule has 3 aromatic heterocycles. The fourth-order valence-electron chi connectivity index (χ4n) is 2.64. The minimum Gasteiger partial charge on any atom is -0.492 e. The second-order valence-corrected chi connectivity index (χ2v) is 6.10. The summed E-state index contributed by atoms with van der Waals surface area (Å²) in [5.74, 6) is -1.30. The summed E-state index contributed by atoms with van der Waals surface area (Å²) in [6.45, 7) is 0. The number of carbonyl (C=O) groups is 1. The van der Waals surface area contributed by atoms with Crippen molar-refractivity contribution in [2.75, 3.05) is 5.32 Å². The Kier molecular flexibility index (Phi) is 5.18. The van der Waals surface area contributed by atoms with Crippen LogP contribution in [-0.2, 0) is 0 Å². The molecule has 0 radical (unpaired) electrons. The van der Waals surface area contributed by atoms with E-state index in [9.17, 15) is 25.4 Å². The number of nitrogens with one attached hydrogen (secondary N) is 1. The highest BCUT2D eigenvalue weighted by molar-refractivity contribution is 5.90. The number of nitrogens with zero attached hydrogens (tertiary/aromatic N) is 10. The Bertz CT molecular complexity index is 1400. The van der Waals surface area contributed by atoms with Crippen LogP contribution in [0.15, 0.2) is 46.8 Å². The van der Waals surface area contributed by atoms with Crippen molar-refractivity contribution in [3.63, 3.8) is 0 Å². The predicted octanol–water partition coefficient (Wildman–Crippen LogP) is 1.14. The van der Waals surface area contributed by atoms with Crippen LogP contribution < -0.4 is 11.1 Å². The third-order valence-corrected chi connectivity index (χ3v) is 3.98. The number of benzene rings is 1. The highest BCUT2D eigenvalue weighted by Crippen LogP contribution is 2.38. The zero-order chi connectivity index (χ0) is 23.5. The number of carbonyl (C=O) groups excluding carboxylic acids is 1. The summed E-state index contributed by atoms with van der Waals surface area (Å²) in [6, 6.07) is 7.72. The van der Waals surface area contributed by atoms with Crippen LogP contribution in [0.1, 0.15) is 5.56 Å². The Morgan fingerprint density at radius 2 is 1.76 bits per heavy atom. The van der Waals surface area contributed by atoms with E-state index in [0.29, 0.717) is 5.69 Å². The van der Waals surface area contributed by atoms with Crippen LogP contribution in [0, 0.1) is 11.3 Å². The SMILES string of the molecule is N#Cc1cnn(-c2nc(O)nc(O)n2)c1N=Nc1c(NC(N)=O)nn(-c2ccccc2)c1O. The summed E-state index contributed by atoms with van der Waals surface area (Å²) in [6.07, 6.45) is 1.11. The average molecular weight is 448 g/mol. The van der Waals surface area contributed by atoms with E-state index in [0.717, 1.165) is 15.6 Å². The molecule has 16 heteroatoms. The molecule has 6 N–H and O–H groups in total. The molecule has 164 valence electrons. The van der Waals surface area contributed by atoms with Gasteiger partial charge in [0, 0.05) is 0 Å². The summed E-state index contributed by atoms with van der Waals surface area (Å²) in [7, 11) is 0. The highest BCUT2D eigenvalue weighted by atomic mass is 16.3. The first-order valence-corrected chi connectivity index (χ1v) is 8.85. The maximum Gasteiger partial charge on any atom is 0.321 e. The number of hydrogen-bond donors (Lipinski definition) is 5. The molecule has 0 aliphatic carbocycles. The molecule has 0 spiro atoms. The topological polar surface area (TPSA) is 239 Å². The predicted molar refractivity (Wildman–Crippen MR) is 108 cm³/mol. The van der Waals surface area contributed by atoms with Crippen molar-refractivity contribution in [2.24, 2.45) is 16.0 Å². The van der Waals surface area contributed by atoms with Crippen LogP contribution in [0.2, 0.25) is 0 Å². The van der Waals surface area contributed by atoms with Gasteiger partial charge in [-0.25, -0.2) is 4.79 Å². The summed E-state index contributed by atoms with van der Waals surface area (Å²) in [4.78, 5) is 21.8. The molecule has 1 aromatic carbocycles. The van der Waals surface area contributed by atoms with E-state index in [4.69, 9.17) is 5.73 Å². The lowest BCUT2D eigenvalue weighted by atomic mass is 10.3. The van der Waals surface area contributed by atoms with E-state index < -0.39 is 23.9 Å². The number of nitriles is 1. The van der Waals surface area contributed by atoms with Crippen LogP contribution in [0.4, 0.5) is 22.1 Å². The molecular formula is C17H12N12O4. The van der Waals surface area contributed by atoms with Gasteiger partial charge < -0.3 is 21.1 Å². The Morgan fingerprint density at radius 3 is 2.39 bits per heavy atom. The lowest BCUT2D eigenvalue weighted by molar-refractivity contribution is 0.259. The molecule has 2 amide bonds. The van der Waals surface area contributed by atoms with Crippen molar-refractivity contribution in [2.45, 2.75) is 0 Å². The number of azo groups is 1. The van der Waals surface area contributed by atoms with E-state index >= 15 is 0 Å². The summed E-state index contributed by atoms with van der Waals surface area (Å²) >= 11 is 0. The van der Waals surface area contributed by atoms with Gasteiger partial charge in [0.15, 0.2) is 17.3 Å². The smallest absolute Gasteiger partial charge is 0.321 e. The quantitative estimate of drug-likeness (QED) is 0.273. The molecule has 3 heterocycles. The van der Waals surface area contributed by atoms with Gasteiger partial charge in [-0.05, 0) is 12.1 Å². The maximum atomic E-state index is 11.4. The largest absolute Gasteiger partial charge is 0.492 e. The summed E-state index contributed by atoms with van der Waals surface area (Å²) in [5, 5.41) is 57.1. The van der Waals surface area contributed by atoms with Gasteiger partial charge in [0.1, 0.15) is 11.6 Å². The van der Waals surface area contributed by atoms with E-state index in [-0.39, 0.29) is 28.8 Å². The molecule has 0 aliphatic heterocycles. The average Bonchev–Trinajstić information content (AvgIpc) is 3.32. The molecule has 0 aliphatic rings.